The van der Waals surface area contributed by atoms with Gasteiger partial charge in [-0.05, 0) is 64.3 Å². The Morgan fingerprint density at radius 1 is 1.21 bits per heavy atom. The monoisotopic (exact) mass is 439 g/mol. The number of nitrogens with zero attached hydrogens (tertiary/aromatic N) is 2. The van der Waals surface area contributed by atoms with Crippen molar-refractivity contribution in [2.24, 2.45) is 5.10 Å². The summed E-state index contributed by atoms with van der Waals surface area (Å²) in [7, 11) is 0. The second kappa shape index (κ2) is 8.67. The minimum Gasteiger partial charge on any atom is -0.507 e. The molecule has 2 N–H and O–H groups in total. The quantitative estimate of drug-likeness (QED) is 0.471. The first-order chi connectivity index (χ1) is 13.4. The average molecular weight is 440 g/mol. The maximum absolute atomic E-state index is 12.6. The number of benzene rings is 2. The standard InChI is InChI=1S/C21H18BrN3O3/c1-14-4-2-5-16(10-14)13-25-9-3-6-17(21(25)28)20(27)24-23-12-15-7-8-19(26)18(22)11-15/h2-12,26H,13H2,1H3,(H,24,27)/b23-12-. The van der Waals surface area contributed by atoms with Gasteiger partial charge >= 0.3 is 0 Å². The average Bonchev–Trinajstić information content (AvgIpc) is 2.66. The summed E-state index contributed by atoms with van der Waals surface area (Å²) in [6.07, 6.45) is 3.08. The Bertz CT molecular complexity index is 1110. The third-order valence-electron chi connectivity index (χ3n) is 4.05. The van der Waals surface area contributed by atoms with E-state index in [1.54, 1.807) is 24.4 Å². The maximum atomic E-state index is 12.6. The molecule has 1 aromatic heterocycles. The highest BCUT2D eigenvalue weighted by molar-refractivity contribution is 9.10. The van der Waals surface area contributed by atoms with E-state index in [9.17, 15) is 14.7 Å². The van der Waals surface area contributed by atoms with Crippen molar-refractivity contribution < 1.29 is 9.90 Å². The van der Waals surface area contributed by atoms with E-state index in [1.807, 2.05) is 31.2 Å². The van der Waals surface area contributed by atoms with Gasteiger partial charge in [-0.2, -0.15) is 5.10 Å². The van der Waals surface area contributed by atoms with E-state index in [0.717, 1.165) is 11.1 Å². The molecule has 0 saturated carbocycles. The lowest BCUT2D eigenvalue weighted by molar-refractivity contribution is 0.0953. The molecule has 0 aliphatic carbocycles. The van der Waals surface area contributed by atoms with Crippen molar-refractivity contribution in [3.05, 3.63) is 97.9 Å². The topological polar surface area (TPSA) is 83.7 Å². The molecule has 142 valence electrons. The van der Waals surface area contributed by atoms with Crippen LogP contribution < -0.4 is 11.0 Å². The Morgan fingerprint density at radius 2 is 2.04 bits per heavy atom. The van der Waals surface area contributed by atoms with Crippen LogP contribution in [0, 0.1) is 6.92 Å². The first-order valence-electron chi connectivity index (χ1n) is 8.51. The van der Waals surface area contributed by atoms with Gasteiger partial charge in [0, 0.05) is 6.20 Å². The molecule has 0 saturated heterocycles. The van der Waals surface area contributed by atoms with E-state index in [4.69, 9.17) is 0 Å². The molecular weight excluding hydrogens is 422 g/mol. The van der Waals surface area contributed by atoms with Crippen LogP contribution in [0.4, 0.5) is 0 Å². The first-order valence-corrected chi connectivity index (χ1v) is 9.30. The normalized spacial score (nSPS) is 10.9. The molecule has 7 heteroatoms. The minimum atomic E-state index is -0.585. The number of aromatic hydroxyl groups is 1. The zero-order chi connectivity index (χ0) is 20.1. The van der Waals surface area contributed by atoms with Gasteiger partial charge in [-0.3, -0.25) is 9.59 Å². The summed E-state index contributed by atoms with van der Waals surface area (Å²) in [4.78, 5) is 25.0. The lowest BCUT2D eigenvalue weighted by Crippen LogP contribution is -2.30. The summed E-state index contributed by atoms with van der Waals surface area (Å²) < 4.78 is 2.01. The van der Waals surface area contributed by atoms with Crippen LogP contribution >= 0.6 is 15.9 Å². The number of pyridine rings is 1. The summed E-state index contributed by atoms with van der Waals surface area (Å²) in [6, 6.07) is 15.8. The predicted molar refractivity (Wildman–Crippen MR) is 112 cm³/mol. The van der Waals surface area contributed by atoms with Gasteiger partial charge in [0.25, 0.3) is 11.5 Å². The summed E-state index contributed by atoms with van der Waals surface area (Å²) in [5.41, 5.74) is 4.75. The van der Waals surface area contributed by atoms with Crippen LogP contribution in [-0.2, 0) is 6.54 Å². The number of aromatic nitrogens is 1. The molecule has 3 rings (SSSR count). The number of aryl methyl sites for hydroxylation is 1. The highest BCUT2D eigenvalue weighted by Gasteiger charge is 2.11. The fourth-order valence-electron chi connectivity index (χ4n) is 2.67. The van der Waals surface area contributed by atoms with Crippen LogP contribution in [0.2, 0.25) is 0 Å². The number of carbonyl (C=O) groups is 1. The highest BCUT2D eigenvalue weighted by atomic mass is 79.9. The molecule has 1 amide bonds. The molecule has 0 unspecified atom stereocenters. The SMILES string of the molecule is Cc1cccc(Cn2cccc(C(=O)N/N=C\c3ccc(O)c(Br)c3)c2=O)c1. The van der Waals surface area contributed by atoms with Crippen molar-refractivity contribution in [3.63, 3.8) is 0 Å². The number of hydrogen-bond acceptors (Lipinski definition) is 4. The number of rotatable bonds is 5. The molecule has 0 spiro atoms. The van der Waals surface area contributed by atoms with Crippen molar-refractivity contribution in [1.29, 1.82) is 0 Å². The number of hydrogen-bond donors (Lipinski definition) is 2. The van der Waals surface area contributed by atoms with Crippen molar-refractivity contribution in [2.45, 2.75) is 13.5 Å². The van der Waals surface area contributed by atoms with Crippen molar-refractivity contribution in [3.8, 4) is 5.75 Å². The van der Waals surface area contributed by atoms with Crippen LogP contribution in [0.5, 0.6) is 5.75 Å². The molecule has 3 aromatic rings. The zero-order valence-electron chi connectivity index (χ0n) is 15.1. The number of phenolic OH excluding ortho intramolecular Hbond substituents is 1. The predicted octanol–water partition coefficient (Wildman–Crippen LogP) is 3.44. The summed E-state index contributed by atoms with van der Waals surface area (Å²) in [6.45, 7) is 2.37. The van der Waals surface area contributed by atoms with E-state index >= 15 is 0 Å². The fourth-order valence-corrected chi connectivity index (χ4v) is 3.07. The van der Waals surface area contributed by atoms with Crippen LogP contribution in [0.15, 0.2) is 75.2 Å². The largest absolute Gasteiger partial charge is 0.507 e. The van der Waals surface area contributed by atoms with Gasteiger partial charge in [-0.1, -0.05) is 29.8 Å². The fraction of sp³-hybridized carbons (Fsp3) is 0.0952. The van der Waals surface area contributed by atoms with Gasteiger partial charge in [0.15, 0.2) is 0 Å². The molecule has 0 atom stereocenters. The Balaban J connectivity index is 1.74. The molecule has 28 heavy (non-hydrogen) atoms. The minimum absolute atomic E-state index is 0.0131. The Labute approximate surface area is 170 Å². The van der Waals surface area contributed by atoms with Crippen LogP contribution in [0.3, 0.4) is 0 Å². The molecule has 0 aliphatic rings. The van der Waals surface area contributed by atoms with E-state index in [-0.39, 0.29) is 16.9 Å². The number of hydrazone groups is 1. The van der Waals surface area contributed by atoms with E-state index < -0.39 is 5.91 Å². The third-order valence-corrected chi connectivity index (χ3v) is 4.69. The maximum Gasteiger partial charge on any atom is 0.276 e. The van der Waals surface area contributed by atoms with Gasteiger partial charge < -0.3 is 9.67 Å². The molecule has 2 aromatic carbocycles. The first kappa shape index (κ1) is 19.6. The lowest BCUT2D eigenvalue weighted by Gasteiger charge is -2.08. The van der Waals surface area contributed by atoms with Gasteiger partial charge in [0.2, 0.25) is 0 Å². The van der Waals surface area contributed by atoms with Crippen molar-refractivity contribution in [2.75, 3.05) is 0 Å². The molecule has 0 aliphatic heterocycles. The molecule has 0 radical (unpaired) electrons. The zero-order valence-corrected chi connectivity index (χ0v) is 16.7. The molecule has 1 heterocycles. The number of amides is 1. The van der Waals surface area contributed by atoms with Gasteiger partial charge in [0.1, 0.15) is 11.3 Å². The summed E-state index contributed by atoms with van der Waals surface area (Å²) in [5.74, 6) is -0.475. The molecular formula is C21H18BrN3O3. The Kier molecular flexibility index (Phi) is 6.06. The number of carbonyl (C=O) groups excluding carboxylic acids is 1. The van der Waals surface area contributed by atoms with Crippen molar-refractivity contribution >= 4 is 28.1 Å². The molecule has 6 nitrogen and oxygen atoms in total. The smallest absolute Gasteiger partial charge is 0.276 e. The number of phenols is 1. The van der Waals surface area contributed by atoms with Crippen LogP contribution in [-0.4, -0.2) is 21.8 Å². The van der Waals surface area contributed by atoms with E-state index in [0.29, 0.717) is 16.6 Å². The number of halogens is 1. The number of nitrogens with one attached hydrogen (secondary N) is 1. The molecule has 0 fully saturated rings. The summed E-state index contributed by atoms with van der Waals surface area (Å²) >= 11 is 3.21. The van der Waals surface area contributed by atoms with Gasteiger partial charge in [0.05, 0.1) is 17.2 Å². The third kappa shape index (κ3) is 4.75. The van der Waals surface area contributed by atoms with Crippen molar-refractivity contribution in [1.82, 2.24) is 9.99 Å². The van der Waals surface area contributed by atoms with Gasteiger partial charge in [-0.15, -0.1) is 0 Å². The highest BCUT2D eigenvalue weighted by Crippen LogP contribution is 2.23. The Morgan fingerprint density at radius 3 is 2.79 bits per heavy atom. The summed E-state index contributed by atoms with van der Waals surface area (Å²) in [5, 5.41) is 13.4. The van der Waals surface area contributed by atoms with Gasteiger partial charge in [-0.25, -0.2) is 5.43 Å². The van der Waals surface area contributed by atoms with Crippen LogP contribution in [0.25, 0.3) is 0 Å². The van der Waals surface area contributed by atoms with E-state index in [2.05, 4.69) is 26.5 Å². The lowest BCUT2D eigenvalue weighted by atomic mass is 10.1. The molecule has 0 bridgehead atoms. The second-order valence-corrected chi connectivity index (χ2v) is 7.11. The Hall–Kier alpha value is -3.19. The van der Waals surface area contributed by atoms with Crippen LogP contribution in [0.1, 0.15) is 27.0 Å². The second-order valence-electron chi connectivity index (χ2n) is 6.25. The van der Waals surface area contributed by atoms with E-state index in [1.165, 1.54) is 22.9 Å².